The molecule has 0 unspecified atom stereocenters. The molecule has 2 N–H and O–H groups in total. The van der Waals surface area contributed by atoms with Gasteiger partial charge >= 0.3 is 6.09 Å². The van der Waals surface area contributed by atoms with Crippen molar-refractivity contribution in [1.29, 1.82) is 0 Å². The maximum atomic E-state index is 12.1. The zero-order valence-corrected chi connectivity index (χ0v) is 12.5. The molecule has 1 amide bonds. The number of alkyl carbamates (subject to hydrolysis) is 1. The van der Waals surface area contributed by atoms with E-state index in [9.17, 15) is 9.59 Å². The fourth-order valence-corrected chi connectivity index (χ4v) is 1.87. The fraction of sp³-hybridized carbons (Fsp3) is 0.267. The molecular formula is C15H18N4O3. The molecule has 0 fully saturated rings. The van der Waals surface area contributed by atoms with Gasteiger partial charge in [-0.1, -0.05) is 12.1 Å². The Labute approximate surface area is 127 Å². The molecule has 0 saturated heterocycles. The topological polar surface area (TPSA) is 85.2 Å². The van der Waals surface area contributed by atoms with Gasteiger partial charge in [-0.3, -0.25) is 4.79 Å². The summed E-state index contributed by atoms with van der Waals surface area (Å²) in [6.07, 6.45) is 2.76. The number of aromatic nitrogens is 2. The van der Waals surface area contributed by atoms with Gasteiger partial charge in [0.25, 0.3) is 5.56 Å². The average Bonchev–Trinajstić information content (AvgIpc) is 2.55. The number of amides is 1. The molecular weight excluding hydrogens is 284 g/mol. The van der Waals surface area contributed by atoms with Gasteiger partial charge in [0.1, 0.15) is 0 Å². The maximum Gasteiger partial charge on any atom is 0.407 e. The lowest BCUT2D eigenvalue weighted by Gasteiger charge is -2.08. The first kappa shape index (κ1) is 15.6. The molecule has 0 radical (unpaired) electrons. The second-order valence-electron chi connectivity index (χ2n) is 4.53. The van der Waals surface area contributed by atoms with Gasteiger partial charge in [-0.2, -0.15) is 0 Å². The monoisotopic (exact) mass is 302 g/mol. The molecule has 0 aliphatic carbocycles. The Morgan fingerprint density at radius 3 is 2.68 bits per heavy atom. The summed E-state index contributed by atoms with van der Waals surface area (Å²) in [7, 11) is 1.32. The van der Waals surface area contributed by atoms with E-state index in [0.717, 1.165) is 11.3 Å². The van der Waals surface area contributed by atoms with Crippen molar-refractivity contribution in [2.45, 2.75) is 20.0 Å². The fourth-order valence-electron chi connectivity index (χ4n) is 1.87. The van der Waals surface area contributed by atoms with E-state index in [2.05, 4.69) is 20.4 Å². The standard InChI is InChI=1S/C15H18N4O3/c1-3-19-9-8-16-13(14(19)20)18-12-6-4-11(5-7-12)10-17-15(21)22-2/h4-9H,3,10H2,1-2H3,(H,16,18)(H,17,21). The highest BCUT2D eigenvalue weighted by Crippen LogP contribution is 2.12. The van der Waals surface area contributed by atoms with Crippen LogP contribution in [0.5, 0.6) is 0 Å². The number of rotatable bonds is 5. The summed E-state index contributed by atoms with van der Waals surface area (Å²) < 4.78 is 6.08. The highest BCUT2D eigenvalue weighted by Gasteiger charge is 2.04. The van der Waals surface area contributed by atoms with Crippen LogP contribution in [0.1, 0.15) is 12.5 Å². The van der Waals surface area contributed by atoms with Crippen molar-refractivity contribution in [2.24, 2.45) is 0 Å². The van der Waals surface area contributed by atoms with Crippen LogP contribution in [0.2, 0.25) is 0 Å². The Hall–Kier alpha value is -2.83. The Morgan fingerprint density at radius 1 is 1.32 bits per heavy atom. The quantitative estimate of drug-likeness (QED) is 0.880. The predicted octanol–water partition coefficient (Wildman–Crippen LogP) is 1.86. The third-order valence-electron chi connectivity index (χ3n) is 3.09. The van der Waals surface area contributed by atoms with Crippen molar-refractivity contribution in [1.82, 2.24) is 14.9 Å². The molecule has 0 saturated carbocycles. The zero-order chi connectivity index (χ0) is 15.9. The number of nitrogens with one attached hydrogen (secondary N) is 2. The van der Waals surface area contributed by atoms with Crippen molar-refractivity contribution >= 4 is 17.6 Å². The molecule has 116 valence electrons. The SMILES string of the molecule is CCn1ccnc(Nc2ccc(CNC(=O)OC)cc2)c1=O. The Balaban J connectivity index is 2.05. The van der Waals surface area contributed by atoms with E-state index < -0.39 is 6.09 Å². The van der Waals surface area contributed by atoms with Crippen LogP contribution in [0, 0.1) is 0 Å². The van der Waals surface area contributed by atoms with E-state index in [1.807, 2.05) is 31.2 Å². The third-order valence-corrected chi connectivity index (χ3v) is 3.09. The molecule has 7 nitrogen and oxygen atoms in total. The summed E-state index contributed by atoms with van der Waals surface area (Å²) in [5.41, 5.74) is 1.50. The minimum absolute atomic E-state index is 0.165. The van der Waals surface area contributed by atoms with Gasteiger partial charge in [0.2, 0.25) is 0 Å². The average molecular weight is 302 g/mol. The number of carbonyl (C=O) groups is 1. The lowest BCUT2D eigenvalue weighted by Crippen LogP contribution is -2.22. The van der Waals surface area contributed by atoms with E-state index >= 15 is 0 Å². The van der Waals surface area contributed by atoms with E-state index in [1.165, 1.54) is 7.11 Å². The van der Waals surface area contributed by atoms with Crippen molar-refractivity contribution in [3.63, 3.8) is 0 Å². The first-order valence-corrected chi connectivity index (χ1v) is 6.87. The molecule has 0 spiro atoms. The summed E-state index contributed by atoms with van der Waals surface area (Å²) >= 11 is 0. The number of aryl methyl sites for hydroxylation is 1. The lowest BCUT2D eigenvalue weighted by molar-refractivity contribution is 0.170. The van der Waals surface area contributed by atoms with Crippen LogP contribution >= 0.6 is 0 Å². The minimum atomic E-state index is -0.476. The number of hydrogen-bond donors (Lipinski definition) is 2. The van der Waals surface area contributed by atoms with Gasteiger partial charge in [-0.15, -0.1) is 0 Å². The van der Waals surface area contributed by atoms with Gasteiger partial charge in [0.15, 0.2) is 5.82 Å². The van der Waals surface area contributed by atoms with Crippen molar-refractivity contribution in [2.75, 3.05) is 12.4 Å². The molecule has 0 aliphatic rings. The highest BCUT2D eigenvalue weighted by molar-refractivity contribution is 5.67. The van der Waals surface area contributed by atoms with Gasteiger partial charge in [0.05, 0.1) is 7.11 Å². The van der Waals surface area contributed by atoms with Crippen LogP contribution in [-0.4, -0.2) is 22.8 Å². The molecule has 0 aliphatic heterocycles. The number of methoxy groups -OCH3 is 1. The minimum Gasteiger partial charge on any atom is -0.453 e. The van der Waals surface area contributed by atoms with Crippen LogP contribution in [0.4, 0.5) is 16.3 Å². The Kier molecular flexibility index (Phi) is 5.13. The van der Waals surface area contributed by atoms with Gasteiger partial charge < -0.3 is 19.9 Å². The van der Waals surface area contributed by atoms with E-state index in [4.69, 9.17) is 0 Å². The molecule has 0 bridgehead atoms. The summed E-state index contributed by atoms with van der Waals surface area (Å²) in [4.78, 5) is 27.1. The van der Waals surface area contributed by atoms with Gasteiger partial charge in [-0.05, 0) is 24.6 Å². The smallest absolute Gasteiger partial charge is 0.407 e. The predicted molar refractivity (Wildman–Crippen MR) is 83.1 cm³/mol. The molecule has 0 atom stereocenters. The summed E-state index contributed by atoms with van der Waals surface area (Å²) in [5, 5.41) is 5.59. The van der Waals surface area contributed by atoms with Crippen LogP contribution in [0.25, 0.3) is 0 Å². The molecule has 1 heterocycles. The highest BCUT2D eigenvalue weighted by atomic mass is 16.5. The van der Waals surface area contributed by atoms with Gasteiger partial charge in [-0.25, -0.2) is 9.78 Å². The Morgan fingerprint density at radius 2 is 2.05 bits per heavy atom. The number of ether oxygens (including phenoxy) is 1. The first-order chi connectivity index (χ1) is 10.6. The van der Waals surface area contributed by atoms with Crippen LogP contribution in [-0.2, 0) is 17.8 Å². The van der Waals surface area contributed by atoms with Gasteiger partial charge in [0, 0.05) is 31.2 Å². The molecule has 1 aromatic carbocycles. The van der Waals surface area contributed by atoms with E-state index in [-0.39, 0.29) is 11.4 Å². The second-order valence-corrected chi connectivity index (χ2v) is 4.53. The molecule has 22 heavy (non-hydrogen) atoms. The van der Waals surface area contributed by atoms with E-state index in [0.29, 0.717) is 13.1 Å². The maximum absolute atomic E-state index is 12.1. The molecule has 1 aromatic heterocycles. The van der Waals surface area contributed by atoms with Crippen molar-refractivity contribution in [3.05, 3.63) is 52.6 Å². The number of benzene rings is 1. The molecule has 2 aromatic rings. The number of carbonyl (C=O) groups excluding carboxylic acids is 1. The van der Waals surface area contributed by atoms with Crippen molar-refractivity contribution < 1.29 is 9.53 Å². The summed E-state index contributed by atoms with van der Waals surface area (Å²) in [6, 6.07) is 7.33. The lowest BCUT2D eigenvalue weighted by atomic mass is 10.2. The third kappa shape index (κ3) is 3.85. The van der Waals surface area contributed by atoms with Crippen LogP contribution in [0.15, 0.2) is 41.5 Å². The van der Waals surface area contributed by atoms with Crippen molar-refractivity contribution in [3.8, 4) is 0 Å². The summed E-state index contributed by atoms with van der Waals surface area (Å²) in [5.74, 6) is 0.282. The van der Waals surface area contributed by atoms with E-state index in [1.54, 1.807) is 17.0 Å². The number of nitrogens with zero attached hydrogens (tertiary/aromatic N) is 2. The Bertz CT molecular complexity index is 695. The largest absolute Gasteiger partial charge is 0.453 e. The zero-order valence-electron chi connectivity index (χ0n) is 12.5. The van der Waals surface area contributed by atoms with Crippen LogP contribution in [0.3, 0.4) is 0 Å². The first-order valence-electron chi connectivity index (χ1n) is 6.87. The van der Waals surface area contributed by atoms with Crippen LogP contribution < -0.4 is 16.2 Å². The molecule has 2 rings (SSSR count). The number of anilines is 2. The normalized spacial score (nSPS) is 10.1. The number of hydrogen-bond acceptors (Lipinski definition) is 5. The summed E-state index contributed by atoms with van der Waals surface area (Å²) in [6.45, 7) is 2.86. The molecule has 7 heteroatoms. The second kappa shape index (κ2) is 7.26.